The summed E-state index contributed by atoms with van der Waals surface area (Å²) in [6, 6.07) is 5.31. The van der Waals surface area contributed by atoms with Crippen LogP contribution in [0.1, 0.15) is 64.0 Å². The van der Waals surface area contributed by atoms with Crippen LogP contribution < -0.4 is 10.6 Å². The van der Waals surface area contributed by atoms with E-state index in [0.717, 1.165) is 36.4 Å². The first kappa shape index (κ1) is 24.8. The van der Waals surface area contributed by atoms with Crippen molar-refractivity contribution in [2.45, 2.75) is 38.1 Å². The zero-order valence-electron chi connectivity index (χ0n) is 19.5. The highest BCUT2D eigenvalue weighted by molar-refractivity contribution is 6.30. The van der Waals surface area contributed by atoms with Crippen LogP contribution in [-0.2, 0) is 6.54 Å². The Bertz CT molecular complexity index is 1440. The van der Waals surface area contributed by atoms with Gasteiger partial charge in [0.05, 0.1) is 11.2 Å². The predicted octanol–water partition coefficient (Wildman–Crippen LogP) is 3.68. The van der Waals surface area contributed by atoms with Gasteiger partial charge in [0.1, 0.15) is 17.2 Å². The summed E-state index contributed by atoms with van der Waals surface area (Å²) in [6.07, 6.45) is 5.74. The number of amides is 2. The average Bonchev–Trinajstić information content (AvgIpc) is 3.58. The van der Waals surface area contributed by atoms with Gasteiger partial charge in [0.25, 0.3) is 11.8 Å². The van der Waals surface area contributed by atoms with Crippen LogP contribution in [0.4, 0.5) is 8.78 Å². The summed E-state index contributed by atoms with van der Waals surface area (Å²) in [5.41, 5.74) is 0.125. The van der Waals surface area contributed by atoms with Gasteiger partial charge >= 0.3 is 0 Å². The Morgan fingerprint density at radius 3 is 2.62 bits per heavy atom. The molecule has 0 spiro atoms. The molecule has 0 unspecified atom stereocenters. The van der Waals surface area contributed by atoms with E-state index < -0.39 is 23.4 Å². The molecule has 3 aromatic heterocycles. The van der Waals surface area contributed by atoms with Crippen LogP contribution in [0.2, 0.25) is 5.02 Å². The summed E-state index contributed by atoms with van der Waals surface area (Å²) >= 11 is 5.78. The van der Waals surface area contributed by atoms with E-state index in [0.29, 0.717) is 18.0 Å². The second-order valence-corrected chi connectivity index (χ2v) is 9.30. The highest BCUT2D eigenvalue weighted by Gasteiger charge is 2.26. The van der Waals surface area contributed by atoms with Crippen LogP contribution in [0, 0.1) is 17.6 Å². The molecular weight excluding hydrogens is 508 g/mol. The molecule has 1 aliphatic rings. The third-order valence-electron chi connectivity index (χ3n) is 6.46. The smallest absolute Gasteiger partial charge is 0.270 e. The number of hydrogen-bond acceptors (Lipinski definition) is 7. The maximum atomic E-state index is 14.3. The summed E-state index contributed by atoms with van der Waals surface area (Å²) in [4.78, 5) is 29.9. The lowest BCUT2D eigenvalue weighted by Gasteiger charge is -2.26. The van der Waals surface area contributed by atoms with Crippen LogP contribution in [0.25, 0.3) is 5.65 Å². The van der Waals surface area contributed by atoms with Gasteiger partial charge < -0.3 is 15.1 Å². The molecule has 0 saturated heterocycles. The number of aromatic nitrogens is 5. The van der Waals surface area contributed by atoms with Crippen molar-refractivity contribution in [1.82, 2.24) is 35.4 Å². The maximum Gasteiger partial charge on any atom is 0.270 e. The van der Waals surface area contributed by atoms with Gasteiger partial charge in [-0.2, -0.15) is 5.10 Å². The molecule has 3 heterocycles. The number of carbonyl (C=O) groups is 2. The minimum Gasteiger partial charge on any atom is -0.428 e. The van der Waals surface area contributed by atoms with Crippen molar-refractivity contribution in [3.8, 4) is 0 Å². The topological polar surface area (TPSA) is 127 Å². The van der Waals surface area contributed by atoms with Crippen LogP contribution in [0.15, 0.2) is 41.3 Å². The van der Waals surface area contributed by atoms with Gasteiger partial charge in [-0.25, -0.2) is 18.3 Å². The molecule has 5 rings (SSSR count). The van der Waals surface area contributed by atoms with Crippen molar-refractivity contribution in [3.05, 3.63) is 76.4 Å². The monoisotopic (exact) mass is 529 g/mol. The number of carbonyl (C=O) groups excluding carboxylic acids is 2. The minimum atomic E-state index is -0.770. The molecule has 1 aliphatic carbocycles. The molecule has 0 atom stereocenters. The lowest BCUT2D eigenvalue weighted by atomic mass is 9.82. The fraction of sp³-hybridized carbons (Fsp3) is 0.333. The molecular formula is C24H22ClF2N7O3. The van der Waals surface area contributed by atoms with Gasteiger partial charge in [-0.05, 0) is 49.3 Å². The lowest BCUT2D eigenvalue weighted by molar-refractivity contribution is 0.0934. The fourth-order valence-corrected chi connectivity index (χ4v) is 4.64. The zero-order valence-corrected chi connectivity index (χ0v) is 20.2. The fourth-order valence-electron chi connectivity index (χ4n) is 4.44. The number of benzene rings is 1. The van der Waals surface area contributed by atoms with Crippen molar-refractivity contribution in [2.75, 3.05) is 6.54 Å². The highest BCUT2D eigenvalue weighted by atomic mass is 35.5. The van der Waals surface area contributed by atoms with E-state index in [1.807, 2.05) is 0 Å². The van der Waals surface area contributed by atoms with Gasteiger partial charge in [-0.3, -0.25) is 9.59 Å². The first-order chi connectivity index (χ1) is 17.9. The number of hydrogen-bond donors (Lipinski definition) is 2. The summed E-state index contributed by atoms with van der Waals surface area (Å²) in [6.45, 7) is 0.442. The van der Waals surface area contributed by atoms with Crippen LogP contribution >= 0.6 is 11.6 Å². The van der Waals surface area contributed by atoms with E-state index in [2.05, 4.69) is 30.9 Å². The standard InChI is InChI=1S/C24H22ClF2N7O3/c25-16-7-14(3-6-17(16)26)10-28-22(35)19-8-20(34-21(32-19)18(27)11-31-34)23(36)29-9-13-1-4-15(5-2-13)24-33-30-12-37-24/h3,6-8,11-13,15H,1-2,4-5,9-10H2,(H,28,35)(H,29,36). The molecule has 1 saturated carbocycles. The molecule has 37 heavy (non-hydrogen) atoms. The van der Waals surface area contributed by atoms with Gasteiger partial charge in [0, 0.05) is 25.1 Å². The van der Waals surface area contributed by atoms with Crippen molar-refractivity contribution in [2.24, 2.45) is 5.92 Å². The van der Waals surface area contributed by atoms with Gasteiger partial charge in [0.2, 0.25) is 12.3 Å². The number of nitrogens with one attached hydrogen (secondary N) is 2. The van der Waals surface area contributed by atoms with E-state index in [9.17, 15) is 18.4 Å². The molecule has 1 aromatic carbocycles. The predicted molar refractivity (Wildman–Crippen MR) is 127 cm³/mol. The Balaban J connectivity index is 1.25. The SMILES string of the molecule is O=C(NCc1ccc(F)c(Cl)c1)c1cc(C(=O)NCC2CCC(c3nnco3)CC2)n2ncc(F)c2n1. The van der Waals surface area contributed by atoms with Crippen LogP contribution in [0.3, 0.4) is 0 Å². The van der Waals surface area contributed by atoms with Crippen LogP contribution in [-0.4, -0.2) is 43.2 Å². The van der Waals surface area contributed by atoms with Crippen molar-refractivity contribution in [3.63, 3.8) is 0 Å². The molecule has 10 nitrogen and oxygen atoms in total. The number of halogens is 3. The van der Waals surface area contributed by atoms with Gasteiger partial charge in [0.15, 0.2) is 11.5 Å². The third kappa shape index (κ3) is 5.43. The second kappa shape index (κ2) is 10.6. The molecule has 4 aromatic rings. The quantitative estimate of drug-likeness (QED) is 0.374. The Kier molecular flexibility index (Phi) is 7.08. The second-order valence-electron chi connectivity index (χ2n) is 8.89. The lowest BCUT2D eigenvalue weighted by Crippen LogP contribution is -2.33. The first-order valence-electron chi connectivity index (χ1n) is 11.7. The van der Waals surface area contributed by atoms with E-state index in [4.69, 9.17) is 16.0 Å². The Morgan fingerprint density at radius 2 is 1.89 bits per heavy atom. The number of fused-ring (bicyclic) bond motifs is 1. The summed E-state index contributed by atoms with van der Waals surface area (Å²) < 4.78 is 34.1. The van der Waals surface area contributed by atoms with Crippen molar-refractivity contribution < 1.29 is 22.8 Å². The molecule has 192 valence electrons. The molecule has 2 amide bonds. The molecule has 2 N–H and O–H groups in total. The summed E-state index contributed by atoms with van der Waals surface area (Å²) in [7, 11) is 0. The maximum absolute atomic E-state index is 14.3. The van der Waals surface area contributed by atoms with Crippen LogP contribution in [0.5, 0.6) is 0 Å². The largest absolute Gasteiger partial charge is 0.428 e. The average molecular weight is 530 g/mol. The molecule has 0 bridgehead atoms. The Morgan fingerprint density at radius 1 is 1.08 bits per heavy atom. The normalized spacial score (nSPS) is 17.6. The van der Waals surface area contributed by atoms with E-state index >= 15 is 0 Å². The number of rotatable bonds is 7. The Hall–Kier alpha value is -3.93. The minimum absolute atomic E-state index is 0.0246. The van der Waals surface area contributed by atoms with Gasteiger partial charge in [-0.15, -0.1) is 10.2 Å². The van der Waals surface area contributed by atoms with E-state index in [1.54, 1.807) is 0 Å². The van der Waals surface area contributed by atoms with Crippen molar-refractivity contribution in [1.29, 1.82) is 0 Å². The van der Waals surface area contributed by atoms with E-state index in [-0.39, 0.29) is 40.4 Å². The highest BCUT2D eigenvalue weighted by Crippen LogP contribution is 2.34. The first-order valence-corrected chi connectivity index (χ1v) is 12.1. The molecule has 1 fully saturated rings. The number of nitrogens with zero attached hydrogens (tertiary/aromatic N) is 5. The summed E-state index contributed by atoms with van der Waals surface area (Å²) in [5.74, 6) is -1.39. The molecule has 0 radical (unpaired) electrons. The zero-order chi connectivity index (χ0) is 25.9. The van der Waals surface area contributed by atoms with Gasteiger partial charge in [-0.1, -0.05) is 17.7 Å². The molecule has 0 aliphatic heterocycles. The molecule has 13 heteroatoms. The van der Waals surface area contributed by atoms with E-state index in [1.165, 1.54) is 30.7 Å². The van der Waals surface area contributed by atoms with Crippen molar-refractivity contribution >= 4 is 29.1 Å². The third-order valence-corrected chi connectivity index (χ3v) is 6.74. The Labute approximate surface area is 214 Å². The summed E-state index contributed by atoms with van der Waals surface area (Å²) in [5, 5.41) is 17.0.